The topological polar surface area (TPSA) is 34.1 Å². The number of pyridine rings is 1. The lowest BCUT2D eigenvalue weighted by Crippen LogP contribution is -2.02. The highest BCUT2D eigenvalue weighted by atomic mass is 16.5. The minimum Gasteiger partial charge on any atom is -0.481 e. The number of ether oxygens (including phenoxy) is 1. The van der Waals surface area contributed by atoms with Crippen LogP contribution < -0.4 is 10.1 Å². The third-order valence-electron chi connectivity index (χ3n) is 3.56. The Bertz CT molecular complexity index is 537. The summed E-state index contributed by atoms with van der Waals surface area (Å²) in [6.07, 6.45) is 1.17. The van der Waals surface area contributed by atoms with E-state index < -0.39 is 0 Å². The molecule has 106 valence electrons. The number of hydrogen-bond acceptors (Lipinski definition) is 3. The van der Waals surface area contributed by atoms with E-state index in [1.54, 1.807) is 7.11 Å². The average Bonchev–Trinajstić information content (AvgIpc) is 2.53. The van der Waals surface area contributed by atoms with Crippen molar-refractivity contribution in [1.29, 1.82) is 0 Å². The summed E-state index contributed by atoms with van der Waals surface area (Å²) in [5.74, 6) is 1.26. The molecule has 0 aliphatic carbocycles. The highest BCUT2D eigenvalue weighted by Gasteiger charge is 2.02. The van der Waals surface area contributed by atoms with Gasteiger partial charge in [0.05, 0.1) is 19.3 Å². The molecule has 3 heteroatoms. The number of benzene rings is 1. The molecule has 2 aromatic rings. The standard InChI is InChI=1S/C17H22N2O/c1-4-13(2)14-8-10-15(11-9-14)18-12-16-6-5-7-17(19-16)20-3/h5-11,13,18H,4,12H2,1-3H3. The summed E-state index contributed by atoms with van der Waals surface area (Å²) in [5.41, 5.74) is 3.47. The monoisotopic (exact) mass is 270 g/mol. The van der Waals surface area contributed by atoms with Crippen molar-refractivity contribution in [3.8, 4) is 5.88 Å². The summed E-state index contributed by atoms with van der Waals surface area (Å²) >= 11 is 0. The van der Waals surface area contributed by atoms with Crippen LogP contribution in [0.5, 0.6) is 5.88 Å². The largest absolute Gasteiger partial charge is 0.481 e. The maximum absolute atomic E-state index is 5.12. The summed E-state index contributed by atoms with van der Waals surface area (Å²) in [7, 11) is 1.63. The molecule has 0 saturated heterocycles. The molecule has 0 bridgehead atoms. The first-order valence-electron chi connectivity index (χ1n) is 7.06. The van der Waals surface area contributed by atoms with Crippen molar-refractivity contribution in [1.82, 2.24) is 4.98 Å². The van der Waals surface area contributed by atoms with Crippen LogP contribution in [0.25, 0.3) is 0 Å². The molecule has 1 N–H and O–H groups in total. The van der Waals surface area contributed by atoms with E-state index in [1.165, 1.54) is 12.0 Å². The Labute approximate surface area is 121 Å². The van der Waals surface area contributed by atoms with Gasteiger partial charge in [-0.05, 0) is 36.1 Å². The third-order valence-corrected chi connectivity index (χ3v) is 3.56. The Kier molecular flexibility index (Phi) is 4.99. The van der Waals surface area contributed by atoms with Gasteiger partial charge in [-0.3, -0.25) is 0 Å². The van der Waals surface area contributed by atoms with Gasteiger partial charge >= 0.3 is 0 Å². The van der Waals surface area contributed by atoms with Crippen LogP contribution in [0.15, 0.2) is 42.5 Å². The molecule has 0 aliphatic heterocycles. The Balaban J connectivity index is 1.96. The van der Waals surface area contributed by atoms with Crippen LogP contribution in [0.3, 0.4) is 0 Å². The maximum atomic E-state index is 5.12. The normalized spacial score (nSPS) is 11.9. The van der Waals surface area contributed by atoms with Gasteiger partial charge in [0.2, 0.25) is 5.88 Å². The molecule has 0 saturated carbocycles. The number of aromatic nitrogens is 1. The Morgan fingerprint density at radius 1 is 1.15 bits per heavy atom. The molecule has 0 radical (unpaired) electrons. The number of hydrogen-bond donors (Lipinski definition) is 1. The molecule has 0 fully saturated rings. The third kappa shape index (κ3) is 3.73. The van der Waals surface area contributed by atoms with Crippen molar-refractivity contribution >= 4 is 5.69 Å². The van der Waals surface area contributed by atoms with Gasteiger partial charge in [0.15, 0.2) is 0 Å². The van der Waals surface area contributed by atoms with Crippen LogP contribution in [0, 0.1) is 0 Å². The quantitative estimate of drug-likeness (QED) is 0.853. The molecule has 2 rings (SSSR count). The van der Waals surface area contributed by atoms with E-state index in [4.69, 9.17) is 4.74 Å². The Hall–Kier alpha value is -2.03. The first-order chi connectivity index (χ1) is 9.72. The van der Waals surface area contributed by atoms with Gasteiger partial charge in [-0.25, -0.2) is 4.98 Å². The van der Waals surface area contributed by atoms with Crippen LogP contribution in [-0.2, 0) is 6.54 Å². The van der Waals surface area contributed by atoms with E-state index in [0.29, 0.717) is 18.3 Å². The summed E-state index contributed by atoms with van der Waals surface area (Å²) in [6.45, 7) is 5.16. The lowest BCUT2D eigenvalue weighted by atomic mass is 9.99. The number of nitrogens with zero attached hydrogens (tertiary/aromatic N) is 1. The second-order valence-electron chi connectivity index (χ2n) is 4.96. The van der Waals surface area contributed by atoms with Crippen molar-refractivity contribution in [3.63, 3.8) is 0 Å². The average molecular weight is 270 g/mol. The number of nitrogens with one attached hydrogen (secondary N) is 1. The van der Waals surface area contributed by atoms with Crippen LogP contribution in [0.2, 0.25) is 0 Å². The second-order valence-corrected chi connectivity index (χ2v) is 4.96. The zero-order valence-corrected chi connectivity index (χ0v) is 12.4. The van der Waals surface area contributed by atoms with Crippen molar-refractivity contribution in [2.24, 2.45) is 0 Å². The minimum absolute atomic E-state index is 0.615. The highest BCUT2D eigenvalue weighted by molar-refractivity contribution is 5.45. The number of anilines is 1. The Morgan fingerprint density at radius 2 is 1.90 bits per heavy atom. The molecule has 1 heterocycles. The van der Waals surface area contributed by atoms with Gasteiger partial charge in [0.1, 0.15) is 0 Å². The maximum Gasteiger partial charge on any atom is 0.213 e. The fourth-order valence-electron chi connectivity index (χ4n) is 2.03. The Morgan fingerprint density at radius 3 is 2.55 bits per heavy atom. The van der Waals surface area contributed by atoms with Crippen LogP contribution in [-0.4, -0.2) is 12.1 Å². The van der Waals surface area contributed by atoms with Gasteiger partial charge in [0.25, 0.3) is 0 Å². The molecule has 1 unspecified atom stereocenters. The predicted octanol–water partition coefficient (Wildman–Crippen LogP) is 4.22. The van der Waals surface area contributed by atoms with Crippen molar-refractivity contribution in [2.75, 3.05) is 12.4 Å². The molecule has 0 spiro atoms. The predicted molar refractivity (Wildman–Crippen MR) is 83.3 cm³/mol. The zero-order valence-electron chi connectivity index (χ0n) is 12.4. The molecule has 1 aromatic heterocycles. The van der Waals surface area contributed by atoms with E-state index in [1.807, 2.05) is 18.2 Å². The first kappa shape index (κ1) is 14.4. The lowest BCUT2D eigenvalue weighted by Gasteiger charge is -2.11. The van der Waals surface area contributed by atoms with Crippen LogP contribution in [0.1, 0.15) is 37.4 Å². The van der Waals surface area contributed by atoms with Gasteiger partial charge in [0, 0.05) is 11.8 Å². The van der Waals surface area contributed by atoms with Crippen LogP contribution >= 0.6 is 0 Å². The van der Waals surface area contributed by atoms with Crippen molar-refractivity contribution in [3.05, 3.63) is 53.7 Å². The van der Waals surface area contributed by atoms with Crippen LogP contribution in [0.4, 0.5) is 5.69 Å². The van der Waals surface area contributed by atoms with Crippen molar-refractivity contribution < 1.29 is 4.74 Å². The fourth-order valence-corrected chi connectivity index (χ4v) is 2.03. The van der Waals surface area contributed by atoms with Gasteiger partial charge in [-0.2, -0.15) is 0 Å². The number of rotatable bonds is 6. The fraction of sp³-hybridized carbons (Fsp3) is 0.353. The summed E-state index contributed by atoms with van der Waals surface area (Å²) in [6, 6.07) is 14.4. The molecule has 20 heavy (non-hydrogen) atoms. The van der Waals surface area contributed by atoms with E-state index in [9.17, 15) is 0 Å². The minimum atomic E-state index is 0.615. The SMILES string of the molecule is CCC(C)c1ccc(NCc2cccc(OC)n2)cc1. The van der Waals surface area contributed by atoms with Gasteiger partial charge in [-0.1, -0.05) is 32.0 Å². The summed E-state index contributed by atoms with van der Waals surface area (Å²) in [5, 5.41) is 3.38. The zero-order chi connectivity index (χ0) is 14.4. The molecular formula is C17H22N2O. The van der Waals surface area contributed by atoms with Gasteiger partial charge < -0.3 is 10.1 Å². The molecule has 0 aliphatic rings. The van der Waals surface area contributed by atoms with E-state index in [-0.39, 0.29) is 0 Å². The van der Waals surface area contributed by atoms with Gasteiger partial charge in [-0.15, -0.1) is 0 Å². The second kappa shape index (κ2) is 6.94. The molecule has 1 aromatic carbocycles. The molecule has 1 atom stereocenters. The van der Waals surface area contributed by atoms with E-state index in [2.05, 4.69) is 48.4 Å². The van der Waals surface area contributed by atoms with E-state index in [0.717, 1.165) is 11.4 Å². The summed E-state index contributed by atoms with van der Waals surface area (Å²) in [4.78, 5) is 4.38. The molecular weight excluding hydrogens is 248 g/mol. The highest BCUT2D eigenvalue weighted by Crippen LogP contribution is 2.20. The molecule has 3 nitrogen and oxygen atoms in total. The summed E-state index contributed by atoms with van der Waals surface area (Å²) < 4.78 is 5.12. The smallest absolute Gasteiger partial charge is 0.213 e. The lowest BCUT2D eigenvalue weighted by molar-refractivity contribution is 0.396. The van der Waals surface area contributed by atoms with Crippen molar-refractivity contribution in [2.45, 2.75) is 32.7 Å². The first-order valence-corrected chi connectivity index (χ1v) is 7.06. The molecule has 0 amide bonds. The van der Waals surface area contributed by atoms with E-state index >= 15 is 0 Å². The number of methoxy groups -OCH3 is 1.